The second-order valence-electron chi connectivity index (χ2n) is 3.49. The molecule has 1 aromatic heterocycles. The predicted octanol–water partition coefficient (Wildman–Crippen LogP) is 1.87. The number of carbonyl (C=O) groups excluding carboxylic acids is 2. The van der Waals surface area contributed by atoms with Crippen LogP contribution in [-0.4, -0.2) is 41.5 Å². The van der Waals surface area contributed by atoms with Gasteiger partial charge >= 0.3 is 5.97 Å². The van der Waals surface area contributed by atoms with Gasteiger partial charge in [0.2, 0.25) is 0 Å². The highest BCUT2D eigenvalue weighted by Gasteiger charge is 2.18. The fourth-order valence-electron chi connectivity index (χ4n) is 1.35. The van der Waals surface area contributed by atoms with Crippen LogP contribution in [0.15, 0.2) is 22.8 Å². The number of ether oxygens (including phenoxy) is 1. The quantitative estimate of drug-likeness (QED) is 0.778. The highest BCUT2D eigenvalue weighted by Crippen LogP contribution is 2.09. The summed E-state index contributed by atoms with van der Waals surface area (Å²) in [5.74, 6) is -0.692. The summed E-state index contributed by atoms with van der Waals surface area (Å²) in [6.45, 7) is 4.21. The lowest BCUT2D eigenvalue weighted by atomic mass is 10.3. The zero-order valence-corrected chi connectivity index (χ0v) is 11.9. The van der Waals surface area contributed by atoms with Crippen LogP contribution in [-0.2, 0) is 9.53 Å². The second-order valence-corrected chi connectivity index (χ2v) is 4.40. The van der Waals surface area contributed by atoms with Gasteiger partial charge in [0.25, 0.3) is 5.91 Å². The van der Waals surface area contributed by atoms with Crippen molar-refractivity contribution in [2.75, 3.05) is 19.7 Å². The monoisotopic (exact) mass is 314 g/mol. The van der Waals surface area contributed by atoms with E-state index in [1.54, 1.807) is 32.2 Å². The van der Waals surface area contributed by atoms with Crippen LogP contribution in [0.4, 0.5) is 0 Å². The molecule has 0 radical (unpaired) electrons. The number of aromatic nitrogens is 1. The fourth-order valence-corrected chi connectivity index (χ4v) is 1.59. The van der Waals surface area contributed by atoms with Gasteiger partial charge in [-0.25, -0.2) is 4.98 Å². The van der Waals surface area contributed by atoms with E-state index in [0.717, 1.165) is 4.47 Å². The molecule has 0 saturated carbocycles. The smallest absolute Gasteiger partial charge is 0.325 e. The van der Waals surface area contributed by atoms with E-state index in [4.69, 9.17) is 4.74 Å². The molecular weight excluding hydrogens is 300 g/mol. The molecule has 1 rings (SSSR count). The molecule has 0 aliphatic rings. The molecule has 0 aliphatic heterocycles. The van der Waals surface area contributed by atoms with Crippen molar-refractivity contribution in [3.8, 4) is 0 Å². The Bertz CT molecular complexity index is 420. The SMILES string of the molecule is CCOC(=O)CN(CC)C(=O)c1ccc(Br)cn1. The average Bonchev–Trinajstić information content (AvgIpc) is 2.36. The Morgan fingerprint density at radius 1 is 1.39 bits per heavy atom. The Morgan fingerprint density at radius 2 is 2.11 bits per heavy atom. The van der Waals surface area contributed by atoms with Crippen LogP contribution < -0.4 is 0 Å². The van der Waals surface area contributed by atoms with Crippen molar-refractivity contribution in [3.05, 3.63) is 28.5 Å². The minimum Gasteiger partial charge on any atom is -0.465 e. The molecule has 6 heteroatoms. The van der Waals surface area contributed by atoms with Crippen molar-refractivity contribution in [1.82, 2.24) is 9.88 Å². The lowest BCUT2D eigenvalue weighted by Crippen LogP contribution is -2.36. The van der Waals surface area contributed by atoms with E-state index < -0.39 is 5.97 Å². The highest BCUT2D eigenvalue weighted by atomic mass is 79.9. The Kier molecular flexibility index (Phi) is 5.77. The lowest BCUT2D eigenvalue weighted by Gasteiger charge is -2.19. The summed E-state index contributed by atoms with van der Waals surface area (Å²) in [6, 6.07) is 3.35. The lowest BCUT2D eigenvalue weighted by molar-refractivity contribution is -0.143. The van der Waals surface area contributed by atoms with Crippen molar-refractivity contribution in [2.24, 2.45) is 0 Å². The molecule has 0 N–H and O–H groups in total. The molecule has 0 atom stereocenters. The Morgan fingerprint density at radius 3 is 2.61 bits per heavy atom. The number of esters is 1. The Labute approximate surface area is 114 Å². The minimum absolute atomic E-state index is 0.0546. The summed E-state index contributed by atoms with van der Waals surface area (Å²) in [6.07, 6.45) is 1.55. The third-order valence-corrected chi connectivity index (χ3v) is 2.71. The molecule has 5 nitrogen and oxygen atoms in total. The van der Waals surface area contributed by atoms with Crippen molar-refractivity contribution in [1.29, 1.82) is 0 Å². The molecule has 1 heterocycles. The van der Waals surface area contributed by atoms with Crippen LogP contribution >= 0.6 is 15.9 Å². The number of amides is 1. The number of hydrogen-bond acceptors (Lipinski definition) is 4. The topological polar surface area (TPSA) is 59.5 Å². The summed E-state index contributed by atoms with van der Waals surface area (Å²) in [7, 11) is 0. The van der Waals surface area contributed by atoms with Gasteiger partial charge in [0, 0.05) is 17.2 Å². The number of carbonyl (C=O) groups is 2. The number of pyridine rings is 1. The molecule has 0 spiro atoms. The molecule has 0 saturated heterocycles. The van der Waals surface area contributed by atoms with Crippen LogP contribution in [0.5, 0.6) is 0 Å². The van der Waals surface area contributed by atoms with Crippen LogP contribution in [0.2, 0.25) is 0 Å². The van der Waals surface area contributed by atoms with E-state index in [1.807, 2.05) is 0 Å². The van der Waals surface area contributed by atoms with E-state index in [-0.39, 0.29) is 12.5 Å². The number of nitrogens with zero attached hydrogens (tertiary/aromatic N) is 2. The summed E-state index contributed by atoms with van der Waals surface area (Å²) < 4.78 is 5.62. The maximum Gasteiger partial charge on any atom is 0.325 e. The zero-order chi connectivity index (χ0) is 13.5. The first-order valence-electron chi connectivity index (χ1n) is 5.65. The van der Waals surface area contributed by atoms with E-state index >= 15 is 0 Å². The van der Waals surface area contributed by atoms with Gasteiger partial charge in [0.15, 0.2) is 0 Å². The fraction of sp³-hybridized carbons (Fsp3) is 0.417. The molecule has 1 amide bonds. The second kappa shape index (κ2) is 7.10. The first-order valence-corrected chi connectivity index (χ1v) is 6.44. The predicted molar refractivity (Wildman–Crippen MR) is 70.1 cm³/mol. The van der Waals surface area contributed by atoms with Gasteiger partial charge in [-0.2, -0.15) is 0 Å². The van der Waals surface area contributed by atoms with Crippen LogP contribution in [0.1, 0.15) is 24.3 Å². The van der Waals surface area contributed by atoms with E-state index in [2.05, 4.69) is 20.9 Å². The minimum atomic E-state index is -0.412. The third kappa shape index (κ3) is 4.10. The maximum atomic E-state index is 12.1. The van der Waals surface area contributed by atoms with Crippen molar-refractivity contribution in [2.45, 2.75) is 13.8 Å². The van der Waals surface area contributed by atoms with Crippen LogP contribution in [0, 0.1) is 0 Å². The van der Waals surface area contributed by atoms with Crippen molar-refractivity contribution >= 4 is 27.8 Å². The average molecular weight is 315 g/mol. The largest absolute Gasteiger partial charge is 0.465 e. The molecule has 0 aromatic carbocycles. The summed E-state index contributed by atoms with van der Waals surface area (Å²) in [5.41, 5.74) is 0.310. The normalized spacial score (nSPS) is 9.94. The molecule has 18 heavy (non-hydrogen) atoms. The van der Waals surface area contributed by atoms with E-state index in [1.165, 1.54) is 4.90 Å². The summed E-state index contributed by atoms with van der Waals surface area (Å²) in [5, 5.41) is 0. The number of halogens is 1. The van der Waals surface area contributed by atoms with Crippen LogP contribution in [0.3, 0.4) is 0 Å². The van der Waals surface area contributed by atoms with Gasteiger partial charge < -0.3 is 9.64 Å². The summed E-state index contributed by atoms with van der Waals surface area (Å²) >= 11 is 3.25. The van der Waals surface area contributed by atoms with Gasteiger partial charge in [-0.1, -0.05) is 0 Å². The van der Waals surface area contributed by atoms with Gasteiger partial charge in [-0.15, -0.1) is 0 Å². The van der Waals surface area contributed by atoms with Gasteiger partial charge in [-0.05, 0) is 41.9 Å². The molecule has 0 aliphatic carbocycles. The van der Waals surface area contributed by atoms with Crippen LogP contribution in [0.25, 0.3) is 0 Å². The highest BCUT2D eigenvalue weighted by molar-refractivity contribution is 9.10. The molecule has 1 aromatic rings. The molecular formula is C12H15BrN2O3. The van der Waals surface area contributed by atoms with Gasteiger partial charge in [0.05, 0.1) is 6.61 Å². The molecule has 98 valence electrons. The molecule has 0 fully saturated rings. The number of hydrogen-bond donors (Lipinski definition) is 0. The first-order chi connectivity index (χ1) is 8.58. The van der Waals surface area contributed by atoms with Gasteiger partial charge in [-0.3, -0.25) is 9.59 Å². The Hall–Kier alpha value is -1.43. The van der Waals surface area contributed by atoms with E-state index in [0.29, 0.717) is 18.8 Å². The number of rotatable bonds is 5. The maximum absolute atomic E-state index is 12.1. The van der Waals surface area contributed by atoms with E-state index in [9.17, 15) is 9.59 Å². The standard InChI is InChI=1S/C12H15BrN2O3/c1-3-15(8-11(16)18-4-2)12(17)10-6-5-9(13)7-14-10/h5-7H,3-4,8H2,1-2H3. The van der Waals surface area contributed by atoms with Crippen molar-refractivity contribution in [3.63, 3.8) is 0 Å². The molecule has 0 unspecified atom stereocenters. The molecule has 0 bridgehead atoms. The Balaban J connectivity index is 2.73. The summed E-state index contributed by atoms with van der Waals surface area (Å²) in [4.78, 5) is 28.8. The van der Waals surface area contributed by atoms with Crippen molar-refractivity contribution < 1.29 is 14.3 Å². The third-order valence-electron chi connectivity index (χ3n) is 2.24. The zero-order valence-electron chi connectivity index (χ0n) is 10.4. The first kappa shape index (κ1) is 14.6. The van der Waals surface area contributed by atoms with Gasteiger partial charge in [0.1, 0.15) is 12.2 Å². The number of likely N-dealkylation sites (N-methyl/N-ethyl adjacent to an activating group) is 1.